The zero-order chi connectivity index (χ0) is 23.0. The van der Waals surface area contributed by atoms with Crippen LogP contribution < -0.4 is 20.3 Å². The summed E-state index contributed by atoms with van der Waals surface area (Å²) in [5, 5.41) is 7.17. The van der Waals surface area contributed by atoms with E-state index in [4.69, 9.17) is 9.47 Å². The number of nitrogens with one attached hydrogen (secondary N) is 1. The number of amides is 1. The first kappa shape index (κ1) is 21.8. The van der Waals surface area contributed by atoms with Crippen molar-refractivity contribution in [3.05, 3.63) is 101 Å². The second kappa shape index (κ2) is 10.3. The summed E-state index contributed by atoms with van der Waals surface area (Å²) in [5.74, 6) is 1.52. The van der Waals surface area contributed by atoms with Crippen molar-refractivity contribution < 1.29 is 14.3 Å². The highest BCUT2D eigenvalue weighted by Gasteiger charge is 2.12. The van der Waals surface area contributed by atoms with Crippen molar-refractivity contribution >= 4 is 11.6 Å². The summed E-state index contributed by atoms with van der Waals surface area (Å²) >= 11 is 0. The van der Waals surface area contributed by atoms with Crippen LogP contribution in [0.3, 0.4) is 0 Å². The van der Waals surface area contributed by atoms with Crippen molar-refractivity contribution in [2.24, 2.45) is 0 Å². The SMILES string of the molecule is CCOc1ccc(-c2ccc(=O)n(CC(=O)Nc3ccccc3Oc3ccccc3)n2)cc1. The summed E-state index contributed by atoms with van der Waals surface area (Å²) in [6.45, 7) is 2.27. The van der Waals surface area contributed by atoms with Crippen LogP contribution in [0.4, 0.5) is 5.69 Å². The van der Waals surface area contributed by atoms with Crippen LogP contribution in [0, 0.1) is 0 Å². The summed E-state index contributed by atoms with van der Waals surface area (Å²) in [4.78, 5) is 25.0. The van der Waals surface area contributed by atoms with Crippen LogP contribution in [0.25, 0.3) is 11.3 Å². The molecule has 7 heteroatoms. The molecule has 1 N–H and O–H groups in total. The number of benzene rings is 3. The molecule has 0 aliphatic carbocycles. The van der Waals surface area contributed by atoms with Crippen LogP contribution in [-0.4, -0.2) is 22.3 Å². The predicted octanol–water partition coefficient (Wildman–Crippen LogP) is 4.74. The molecule has 0 fully saturated rings. The molecule has 0 radical (unpaired) electrons. The number of para-hydroxylation sites is 3. The molecule has 0 aliphatic rings. The van der Waals surface area contributed by atoms with Gasteiger partial charge in [0.05, 0.1) is 18.0 Å². The van der Waals surface area contributed by atoms with Gasteiger partial charge in [-0.3, -0.25) is 9.59 Å². The van der Waals surface area contributed by atoms with E-state index < -0.39 is 5.91 Å². The molecule has 166 valence electrons. The molecule has 33 heavy (non-hydrogen) atoms. The van der Waals surface area contributed by atoms with E-state index in [0.717, 1.165) is 16.0 Å². The third-order valence-electron chi connectivity index (χ3n) is 4.75. The fourth-order valence-corrected chi connectivity index (χ4v) is 3.20. The number of hydrogen-bond acceptors (Lipinski definition) is 5. The van der Waals surface area contributed by atoms with Gasteiger partial charge in [-0.15, -0.1) is 0 Å². The lowest BCUT2D eigenvalue weighted by atomic mass is 10.1. The summed E-state index contributed by atoms with van der Waals surface area (Å²) in [6, 6.07) is 26.8. The average Bonchev–Trinajstić information content (AvgIpc) is 2.83. The molecule has 0 atom stereocenters. The third-order valence-corrected chi connectivity index (χ3v) is 4.75. The van der Waals surface area contributed by atoms with Gasteiger partial charge < -0.3 is 14.8 Å². The van der Waals surface area contributed by atoms with Crippen LogP contribution in [0.1, 0.15) is 6.92 Å². The van der Waals surface area contributed by atoms with E-state index in [1.807, 2.05) is 67.6 Å². The maximum Gasteiger partial charge on any atom is 0.267 e. The molecule has 7 nitrogen and oxygen atoms in total. The minimum absolute atomic E-state index is 0.233. The number of carbonyl (C=O) groups is 1. The van der Waals surface area contributed by atoms with Gasteiger partial charge in [-0.05, 0) is 61.5 Å². The molecule has 0 bridgehead atoms. The number of rotatable bonds is 8. The number of aromatic nitrogens is 2. The van der Waals surface area contributed by atoms with Crippen LogP contribution >= 0.6 is 0 Å². The smallest absolute Gasteiger partial charge is 0.267 e. The van der Waals surface area contributed by atoms with Crippen LogP contribution in [0.2, 0.25) is 0 Å². The van der Waals surface area contributed by atoms with E-state index in [0.29, 0.717) is 29.5 Å². The Labute approximate surface area is 191 Å². The van der Waals surface area contributed by atoms with Gasteiger partial charge in [0, 0.05) is 11.6 Å². The number of ether oxygens (including phenoxy) is 2. The highest BCUT2D eigenvalue weighted by molar-refractivity contribution is 5.92. The van der Waals surface area contributed by atoms with Gasteiger partial charge in [-0.25, -0.2) is 4.68 Å². The molecule has 0 saturated carbocycles. The Hall–Kier alpha value is -4.39. The molecule has 4 aromatic rings. The van der Waals surface area contributed by atoms with Gasteiger partial charge in [0.2, 0.25) is 5.91 Å². The van der Waals surface area contributed by atoms with Crippen molar-refractivity contribution in [1.29, 1.82) is 0 Å². The topological polar surface area (TPSA) is 82.5 Å². The van der Waals surface area contributed by atoms with Crippen molar-refractivity contribution in [3.8, 4) is 28.5 Å². The molecule has 0 saturated heterocycles. The molecule has 1 aromatic heterocycles. The van der Waals surface area contributed by atoms with E-state index in [2.05, 4.69) is 10.4 Å². The Bertz CT molecular complexity index is 1280. The zero-order valence-corrected chi connectivity index (χ0v) is 18.1. The maximum atomic E-state index is 12.7. The lowest BCUT2D eigenvalue weighted by Gasteiger charge is -2.13. The Balaban J connectivity index is 1.49. The molecule has 0 spiro atoms. The number of carbonyl (C=O) groups excluding carboxylic acids is 1. The minimum Gasteiger partial charge on any atom is -0.494 e. The number of nitrogens with zero attached hydrogens (tertiary/aromatic N) is 2. The van der Waals surface area contributed by atoms with Gasteiger partial charge in [-0.2, -0.15) is 5.10 Å². The molecule has 3 aromatic carbocycles. The Kier molecular flexibility index (Phi) is 6.80. The Morgan fingerprint density at radius 3 is 2.36 bits per heavy atom. The lowest BCUT2D eigenvalue weighted by molar-refractivity contribution is -0.117. The van der Waals surface area contributed by atoms with Crippen LogP contribution in [0.5, 0.6) is 17.2 Å². The lowest BCUT2D eigenvalue weighted by Crippen LogP contribution is -2.29. The zero-order valence-electron chi connectivity index (χ0n) is 18.1. The molecule has 4 rings (SSSR count). The quantitative estimate of drug-likeness (QED) is 0.427. The highest BCUT2D eigenvalue weighted by Crippen LogP contribution is 2.29. The summed E-state index contributed by atoms with van der Waals surface area (Å²) in [7, 11) is 0. The maximum absolute atomic E-state index is 12.7. The van der Waals surface area contributed by atoms with E-state index in [1.54, 1.807) is 24.3 Å². The molecule has 0 aliphatic heterocycles. The van der Waals surface area contributed by atoms with Crippen molar-refractivity contribution in [2.75, 3.05) is 11.9 Å². The van der Waals surface area contributed by atoms with Crippen molar-refractivity contribution in [2.45, 2.75) is 13.5 Å². The monoisotopic (exact) mass is 441 g/mol. The molecular formula is C26H23N3O4. The second-order valence-electron chi connectivity index (χ2n) is 7.13. The fourth-order valence-electron chi connectivity index (χ4n) is 3.20. The first-order valence-corrected chi connectivity index (χ1v) is 10.6. The fraction of sp³-hybridized carbons (Fsp3) is 0.115. The van der Waals surface area contributed by atoms with Gasteiger partial charge in [0.25, 0.3) is 5.56 Å². The van der Waals surface area contributed by atoms with E-state index in [-0.39, 0.29) is 12.1 Å². The van der Waals surface area contributed by atoms with Gasteiger partial charge in [0.15, 0.2) is 5.75 Å². The van der Waals surface area contributed by atoms with Crippen molar-refractivity contribution in [3.63, 3.8) is 0 Å². The first-order valence-electron chi connectivity index (χ1n) is 10.6. The molecule has 0 unspecified atom stereocenters. The third kappa shape index (κ3) is 5.65. The summed E-state index contributed by atoms with van der Waals surface area (Å²) in [6.07, 6.45) is 0. The molecule has 1 heterocycles. The average molecular weight is 441 g/mol. The molecule has 1 amide bonds. The van der Waals surface area contributed by atoms with Gasteiger partial charge in [-0.1, -0.05) is 30.3 Å². The van der Waals surface area contributed by atoms with E-state index >= 15 is 0 Å². The van der Waals surface area contributed by atoms with Crippen LogP contribution in [0.15, 0.2) is 95.8 Å². The van der Waals surface area contributed by atoms with Gasteiger partial charge in [0.1, 0.15) is 18.0 Å². The van der Waals surface area contributed by atoms with Crippen molar-refractivity contribution in [1.82, 2.24) is 9.78 Å². The van der Waals surface area contributed by atoms with E-state index in [1.165, 1.54) is 6.07 Å². The predicted molar refractivity (Wildman–Crippen MR) is 127 cm³/mol. The standard InChI is InChI=1S/C26H23N3O4/c1-2-32-20-14-12-19(13-15-20)22-16-17-26(31)29(28-22)18-25(30)27-23-10-6-7-11-24(23)33-21-8-4-3-5-9-21/h3-17H,2,18H2,1H3,(H,27,30). The summed E-state index contributed by atoms with van der Waals surface area (Å²) in [5.41, 5.74) is 1.53. The largest absolute Gasteiger partial charge is 0.494 e. The van der Waals surface area contributed by atoms with Crippen LogP contribution in [-0.2, 0) is 11.3 Å². The van der Waals surface area contributed by atoms with E-state index in [9.17, 15) is 9.59 Å². The normalized spacial score (nSPS) is 10.5. The highest BCUT2D eigenvalue weighted by atomic mass is 16.5. The number of hydrogen-bond donors (Lipinski definition) is 1. The first-order chi connectivity index (χ1) is 16.1. The second-order valence-corrected chi connectivity index (χ2v) is 7.13. The number of anilines is 1. The Morgan fingerprint density at radius 2 is 1.61 bits per heavy atom. The minimum atomic E-state index is -0.391. The Morgan fingerprint density at radius 1 is 0.879 bits per heavy atom. The summed E-state index contributed by atoms with van der Waals surface area (Å²) < 4.78 is 12.5. The molecular weight excluding hydrogens is 418 g/mol. The van der Waals surface area contributed by atoms with Gasteiger partial charge >= 0.3 is 0 Å².